The molecule has 0 saturated heterocycles. The Bertz CT molecular complexity index is 988. The lowest BCUT2D eigenvalue weighted by Crippen LogP contribution is -2.30. The lowest BCUT2D eigenvalue weighted by molar-refractivity contribution is 0.250. The Labute approximate surface area is 184 Å². The average molecular weight is 419 g/mol. The van der Waals surface area contributed by atoms with Gasteiger partial charge in [0, 0.05) is 13.1 Å². The topological polar surface area (TPSA) is 43.0 Å². The van der Waals surface area contributed by atoms with Crippen molar-refractivity contribution in [2.75, 3.05) is 40.9 Å². The summed E-state index contributed by atoms with van der Waals surface area (Å²) < 4.78 is 17.6. The van der Waals surface area contributed by atoms with E-state index in [1.807, 2.05) is 56.6 Å². The number of benzene rings is 3. The number of hydrogen-bond acceptors (Lipinski definition) is 5. The molecule has 1 unspecified atom stereocenters. The summed E-state index contributed by atoms with van der Waals surface area (Å²) in [7, 11) is 5.78. The molecule has 162 valence electrons. The maximum Gasteiger partial charge on any atom is 0.161 e. The van der Waals surface area contributed by atoms with Crippen molar-refractivity contribution >= 4 is 0 Å². The van der Waals surface area contributed by atoms with Crippen molar-refractivity contribution in [1.82, 2.24) is 10.2 Å². The SMILES string of the molecule is COc1cc2c(cc1OCCN(C)C)C(c1ccc(Oc3ccccc3)cc1)NCC2. The van der Waals surface area contributed by atoms with Crippen LogP contribution >= 0.6 is 0 Å². The van der Waals surface area contributed by atoms with Gasteiger partial charge < -0.3 is 24.4 Å². The number of hydrogen-bond donors (Lipinski definition) is 1. The normalized spacial score (nSPS) is 15.4. The summed E-state index contributed by atoms with van der Waals surface area (Å²) >= 11 is 0. The minimum atomic E-state index is 0.108. The highest BCUT2D eigenvalue weighted by Crippen LogP contribution is 2.38. The minimum Gasteiger partial charge on any atom is -0.493 e. The Kier molecular flexibility index (Phi) is 6.75. The van der Waals surface area contributed by atoms with Crippen molar-refractivity contribution < 1.29 is 14.2 Å². The van der Waals surface area contributed by atoms with E-state index in [0.717, 1.165) is 42.5 Å². The highest BCUT2D eigenvalue weighted by Gasteiger charge is 2.24. The van der Waals surface area contributed by atoms with E-state index in [-0.39, 0.29) is 6.04 Å². The molecule has 0 radical (unpaired) electrons. The molecule has 5 heteroatoms. The molecule has 31 heavy (non-hydrogen) atoms. The maximum atomic E-state index is 6.06. The van der Waals surface area contributed by atoms with Crippen molar-refractivity contribution in [3.63, 3.8) is 0 Å². The first kappa shape index (κ1) is 21.2. The van der Waals surface area contributed by atoms with Crippen molar-refractivity contribution in [3.05, 3.63) is 83.4 Å². The lowest BCUT2D eigenvalue weighted by Gasteiger charge is -2.29. The quantitative estimate of drug-likeness (QED) is 0.576. The second kappa shape index (κ2) is 9.86. The first-order valence-electron chi connectivity index (χ1n) is 10.7. The van der Waals surface area contributed by atoms with E-state index in [2.05, 4.69) is 34.5 Å². The molecule has 1 heterocycles. The van der Waals surface area contributed by atoms with Gasteiger partial charge in [0.1, 0.15) is 18.1 Å². The number of likely N-dealkylation sites (N-methyl/N-ethyl adjacent to an activating group) is 1. The average Bonchev–Trinajstić information content (AvgIpc) is 2.79. The third kappa shape index (κ3) is 5.19. The molecule has 0 amide bonds. The third-order valence-corrected chi connectivity index (χ3v) is 5.47. The van der Waals surface area contributed by atoms with Gasteiger partial charge in [-0.15, -0.1) is 0 Å². The van der Waals surface area contributed by atoms with Crippen LogP contribution in [0.2, 0.25) is 0 Å². The number of ether oxygens (including phenoxy) is 3. The van der Waals surface area contributed by atoms with Crippen LogP contribution in [0.3, 0.4) is 0 Å². The van der Waals surface area contributed by atoms with E-state index in [0.29, 0.717) is 6.61 Å². The molecule has 0 fully saturated rings. The Morgan fingerprint density at radius 2 is 1.68 bits per heavy atom. The molecule has 4 rings (SSSR count). The molecule has 1 aliphatic rings. The van der Waals surface area contributed by atoms with Crippen LogP contribution in [-0.4, -0.2) is 45.8 Å². The standard InChI is InChI=1S/C26H30N2O3/c1-28(2)15-16-30-25-18-23-20(17-24(25)29-3)13-14-27-26(23)19-9-11-22(12-10-19)31-21-7-5-4-6-8-21/h4-12,17-18,26-27H,13-16H2,1-3H3. The van der Waals surface area contributed by atoms with Crippen LogP contribution in [0.4, 0.5) is 0 Å². The highest BCUT2D eigenvalue weighted by molar-refractivity contribution is 5.52. The third-order valence-electron chi connectivity index (χ3n) is 5.47. The van der Waals surface area contributed by atoms with Gasteiger partial charge >= 0.3 is 0 Å². The van der Waals surface area contributed by atoms with Crippen LogP contribution in [0.5, 0.6) is 23.0 Å². The fourth-order valence-corrected chi connectivity index (χ4v) is 3.82. The number of methoxy groups -OCH3 is 1. The van der Waals surface area contributed by atoms with Crippen molar-refractivity contribution in [3.8, 4) is 23.0 Å². The summed E-state index contributed by atoms with van der Waals surface area (Å²) in [6, 6.07) is 22.5. The number of rotatable bonds is 8. The molecule has 0 aliphatic carbocycles. The predicted molar refractivity (Wildman–Crippen MR) is 124 cm³/mol. The van der Waals surface area contributed by atoms with E-state index in [1.54, 1.807) is 7.11 Å². The largest absolute Gasteiger partial charge is 0.493 e. The zero-order valence-electron chi connectivity index (χ0n) is 18.4. The van der Waals surface area contributed by atoms with Gasteiger partial charge in [-0.3, -0.25) is 0 Å². The molecular weight excluding hydrogens is 388 g/mol. The Morgan fingerprint density at radius 3 is 2.39 bits per heavy atom. The van der Waals surface area contributed by atoms with E-state index in [1.165, 1.54) is 16.7 Å². The van der Waals surface area contributed by atoms with Gasteiger partial charge in [-0.1, -0.05) is 30.3 Å². The summed E-state index contributed by atoms with van der Waals surface area (Å²) in [4.78, 5) is 2.11. The van der Waals surface area contributed by atoms with Crippen LogP contribution in [-0.2, 0) is 6.42 Å². The molecule has 1 aliphatic heterocycles. The molecule has 3 aromatic carbocycles. The summed E-state index contributed by atoms with van der Waals surface area (Å²) in [6.07, 6.45) is 0.968. The molecule has 3 aromatic rings. The molecule has 0 bridgehead atoms. The number of nitrogens with one attached hydrogen (secondary N) is 1. The summed E-state index contributed by atoms with van der Waals surface area (Å²) in [5.74, 6) is 3.25. The molecule has 0 aromatic heterocycles. The summed E-state index contributed by atoms with van der Waals surface area (Å²) in [5.41, 5.74) is 3.74. The minimum absolute atomic E-state index is 0.108. The maximum absolute atomic E-state index is 6.06. The summed E-state index contributed by atoms with van der Waals surface area (Å²) in [6.45, 7) is 2.39. The summed E-state index contributed by atoms with van der Waals surface area (Å²) in [5, 5.41) is 3.65. The number of nitrogens with zero attached hydrogens (tertiary/aromatic N) is 1. The van der Waals surface area contributed by atoms with Crippen LogP contribution < -0.4 is 19.5 Å². The lowest BCUT2D eigenvalue weighted by atomic mass is 9.89. The molecule has 5 nitrogen and oxygen atoms in total. The van der Waals surface area contributed by atoms with Gasteiger partial charge in [0.2, 0.25) is 0 Å². The molecule has 0 spiro atoms. The number of fused-ring (bicyclic) bond motifs is 1. The van der Waals surface area contributed by atoms with Gasteiger partial charge in [-0.25, -0.2) is 0 Å². The molecular formula is C26H30N2O3. The first-order valence-corrected chi connectivity index (χ1v) is 10.7. The van der Waals surface area contributed by atoms with Gasteiger partial charge in [-0.05, 0) is 73.6 Å². The van der Waals surface area contributed by atoms with E-state index in [9.17, 15) is 0 Å². The Hall–Kier alpha value is -3.02. The molecule has 0 saturated carbocycles. The Morgan fingerprint density at radius 1 is 0.935 bits per heavy atom. The number of para-hydroxylation sites is 1. The zero-order valence-corrected chi connectivity index (χ0v) is 18.4. The van der Waals surface area contributed by atoms with Crippen molar-refractivity contribution in [1.29, 1.82) is 0 Å². The second-order valence-electron chi connectivity index (χ2n) is 7.97. The van der Waals surface area contributed by atoms with E-state index in [4.69, 9.17) is 14.2 Å². The monoisotopic (exact) mass is 418 g/mol. The van der Waals surface area contributed by atoms with Gasteiger partial charge in [0.15, 0.2) is 11.5 Å². The zero-order chi connectivity index (χ0) is 21.6. The molecule has 1 N–H and O–H groups in total. The van der Waals surface area contributed by atoms with Gasteiger partial charge in [0.25, 0.3) is 0 Å². The molecule has 1 atom stereocenters. The van der Waals surface area contributed by atoms with Crippen LogP contribution in [0.1, 0.15) is 22.7 Å². The van der Waals surface area contributed by atoms with Gasteiger partial charge in [0.05, 0.1) is 13.2 Å². The van der Waals surface area contributed by atoms with E-state index < -0.39 is 0 Å². The van der Waals surface area contributed by atoms with Gasteiger partial charge in [-0.2, -0.15) is 0 Å². The van der Waals surface area contributed by atoms with Crippen molar-refractivity contribution in [2.45, 2.75) is 12.5 Å². The van der Waals surface area contributed by atoms with Crippen LogP contribution in [0.25, 0.3) is 0 Å². The second-order valence-corrected chi connectivity index (χ2v) is 7.97. The van der Waals surface area contributed by atoms with Crippen LogP contribution in [0, 0.1) is 0 Å². The smallest absolute Gasteiger partial charge is 0.161 e. The van der Waals surface area contributed by atoms with Crippen LogP contribution in [0.15, 0.2) is 66.7 Å². The highest BCUT2D eigenvalue weighted by atomic mass is 16.5. The fraction of sp³-hybridized carbons (Fsp3) is 0.308. The Balaban J connectivity index is 1.56. The fourth-order valence-electron chi connectivity index (χ4n) is 3.82. The first-order chi connectivity index (χ1) is 15.1. The van der Waals surface area contributed by atoms with Crippen molar-refractivity contribution in [2.24, 2.45) is 0 Å². The van der Waals surface area contributed by atoms with E-state index >= 15 is 0 Å². The predicted octanol–water partition coefficient (Wildman–Crippen LogP) is 4.66.